The minimum Gasteiger partial charge on any atom is -0.338 e. The smallest absolute Gasteiger partial charge is 0.250 e. The Morgan fingerprint density at radius 2 is 1.79 bits per heavy atom. The van der Waals surface area contributed by atoms with Crippen molar-refractivity contribution in [2.24, 2.45) is 0 Å². The van der Waals surface area contributed by atoms with E-state index in [0.29, 0.717) is 39.0 Å². The minimum atomic E-state index is -3.19. The third-order valence-corrected chi connectivity index (χ3v) is 6.07. The molecule has 2 aliphatic heterocycles. The normalized spacial score (nSPS) is 22.0. The van der Waals surface area contributed by atoms with E-state index in [1.165, 1.54) is 10.6 Å². The van der Waals surface area contributed by atoms with E-state index in [0.717, 1.165) is 13.1 Å². The summed E-state index contributed by atoms with van der Waals surface area (Å²) >= 11 is 0. The summed E-state index contributed by atoms with van der Waals surface area (Å²) in [4.78, 5) is 15.0. The minimum absolute atomic E-state index is 0. The van der Waals surface area contributed by atoms with Crippen LogP contribution in [0.3, 0.4) is 0 Å². The molecule has 1 aromatic heterocycles. The number of nitrogens with zero attached hydrogens (tertiary/aromatic N) is 4. The number of piperidine rings is 1. The molecule has 0 bridgehead atoms. The van der Waals surface area contributed by atoms with Crippen LogP contribution in [0.25, 0.3) is 0 Å². The molecule has 2 saturated heterocycles. The molecule has 0 spiro atoms. The van der Waals surface area contributed by atoms with Crippen molar-refractivity contribution in [3.8, 4) is 0 Å². The van der Waals surface area contributed by atoms with E-state index in [9.17, 15) is 13.2 Å². The quantitative estimate of drug-likeness (QED) is 0.766. The van der Waals surface area contributed by atoms with Crippen molar-refractivity contribution in [3.05, 3.63) is 18.5 Å². The van der Waals surface area contributed by atoms with Crippen molar-refractivity contribution in [2.45, 2.75) is 18.4 Å². The SMILES string of the molecule is CS(=O)(=O)N1CCN(C(=O)C2(n3cccn3)CCNCC2)CC1.Cl. The number of piperazine rings is 1. The van der Waals surface area contributed by atoms with Gasteiger partial charge in [-0.1, -0.05) is 0 Å². The van der Waals surface area contributed by atoms with Gasteiger partial charge in [-0.25, -0.2) is 8.42 Å². The predicted molar refractivity (Wildman–Crippen MR) is 92.5 cm³/mol. The molecule has 24 heavy (non-hydrogen) atoms. The number of sulfonamides is 1. The summed E-state index contributed by atoms with van der Waals surface area (Å²) in [7, 11) is -3.19. The van der Waals surface area contributed by atoms with Gasteiger partial charge in [-0.2, -0.15) is 9.40 Å². The van der Waals surface area contributed by atoms with Gasteiger partial charge >= 0.3 is 0 Å². The predicted octanol–water partition coefficient (Wildman–Crippen LogP) is -0.513. The lowest BCUT2D eigenvalue weighted by Crippen LogP contribution is -2.59. The zero-order valence-corrected chi connectivity index (χ0v) is 15.4. The fourth-order valence-corrected chi connectivity index (χ4v) is 4.25. The maximum absolute atomic E-state index is 13.2. The van der Waals surface area contributed by atoms with Crippen molar-refractivity contribution in [2.75, 3.05) is 45.5 Å². The van der Waals surface area contributed by atoms with Crippen molar-refractivity contribution >= 4 is 28.3 Å². The van der Waals surface area contributed by atoms with Crippen LogP contribution >= 0.6 is 12.4 Å². The van der Waals surface area contributed by atoms with Gasteiger partial charge in [0.25, 0.3) is 5.91 Å². The van der Waals surface area contributed by atoms with Gasteiger partial charge in [0, 0.05) is 38.6 Å². The van der Waals surface area contributed by atoms with Gasteiger partial charge in [-0.05, 0) is 32.0 Å². The largest absolute Gasteiger partial charge is 0.338 e. The van der Waals surface area contributed by atoms with Crippen LogP contribution in [0.2, 0.25) is 0 Å². The number of hydrogen-bond acceptors (Lipinski definition) is 5. The summed E-state index contributed by atoms with van der Waals surface area (Å²) in [6.07, 6.45) is 6.14. The summed E-state index contributed by atoms with van der Waals surface area (Å²) in [5.74, 6) is 0.0517. The monoisotopic (exact) mass is 377 g/mol. The van der Waals surface area contributed by atoms with Crippen LogP contribution in [0.5, 0.6) is 0 Å². The molecule has 2 aliphatic rings. The summed E-state index contributed by atoms with van der Waals surface area (Å²) < 4.78 is 26.4. The molecule has 136 valence electrons. The summed E-state index contributed by atoms with van der Waals surface area (Å²) in [6.45, 7) is 3.13. The standard InChI is InChI=1S/C14H23N5O3S.ClH/c1-23(21,22)18-11-9-17(10-12-18)13(20)14(3-6-15-7-4-14)19-8-2-5-16-19;/h2,5,8,15H,3-4,6-7,9-12H2,1H3;1H. The van der Waals surface area contributed by atoms with Gasteiger partial charge in [-0.15, -0.1) is 12.4 Å². The Morgan fingerprint density at radius 3 is 2.29 bits per heavy atom. The Hall–Kier alpha value is -1.16. The van der Waals surface area contributed by atoms with Gasteiger partial charge < -0.3 is 10.2 Å². The molecule has 2 fully saturated rings. The first-order chi connectivity index (χ1) is 10.9. The van der Waals surface area contributed by atoms with Crippen LogP contribution in [0, 0.1) is 0 Å². The van der Waals surface area contributed by atoms with Gasteiger partial charge in [0.2, 0.25) is 10.0 Å². The van der Waals surface area contributed by atoms with Crippen LogP contribution in [-0.2, 0) is 20.4 Å². The number of aromatic nitrogens is 2. The molecule has 1 aromatic rings. The van der Waals surface area contributed by atoms with E-state index in [1.807, 2.05) is 12.3 Å². The summed E-state index contributed by atoms with van der Waals surface area (Å²) in [6, 6.07) is 1.83. The van der Waals surface area contributed by atoms with Crippen molar-refractivity contribution in [1.29, 1.82) is 0 Å². The zero-order chi connectivity index (χ0) is 16.5. The van der Waals surface area contributed by atoms with E-state index in [4.69, 9.17) is 0 Å². The van der Waals surface area contributed by atoms with Crippen molar-refractivity contribution in [1.82, 2.24) is 24.3 Å². The molecule has 0 radical (unpaired) electrons. The van der Waals surface area contributed by atoms with E-state index in [-0.39, 0.29) is 18.3 Å². The zero-order valence-electron chi connectivity index (χ0n) is 13.7. The first-order valence-electron chi connectivity index (χ1n) is 7.89. The highest BCUT2D eigenvalue weighted by Crippen LogP contribution is 2.30. The molecule has 10 heteroatoms. The fraction of sp³-hybridized carbons (Fsp3) is 0.714. The highest BCUT2D eigenvalue weighted by atomic mass is 35.5. The molecule has 0 aromatic carbocycles. The average Bonchev–Trinajstić information content (AvgIpc) is 3.09. The number of rotatable bonds is 3. The van der Waals surface area contributed by atoms with Crippen molar-refractivity contribution in [3.63, 3.8) is 0 Å². The average molecular weight is 378 g/mol. The Morgan fingerprint density at radius 1 is 1.17 bits per heavy atom. The molecule has 3 rings (SSSR count). The van der Waals surface area contributed by atoms with Crippen LogP contribution in [0.1, 0.15) is 12.8 Å². The number of halogens is 1. The van der Waals surface area contributed by atoms with Crippen molar-refractivity contribution < 1.29 is 13.2 Å². The van der Waals surface area contributed by atoms with E-state index < -0.39 is 15.6 Å². The highest BCUT2D eigenvalue weighted by molar-refractivity contribution is 7.88. The molecule has 0 saturated carbocycles. The van der Waals surface area contributed by atoms with Gasteiger partial charge in [0.1, 0.15) is 5.54 Å². The molecule has 0 atom stereocenters. The lowest BCUT2D eigenvalue weighted by Gasteiger charge is -2.42. The molecule has 0 aliphatic carbocycles. The van der Waals surface area contributed by atoms with Gasteiger partial charge in [-0.3, -0.25) is 9.48 Å². The maximum atomic E-state index is 13.2. The van der Waals surface area contributed by atoms with Crippen LogP contribution in [0.4, 0.5) is 0 Å². The third-order valence-electron chi connectivity index (χ3n) is 4.77. The molecular formula is C14H24ClN5O3S. The van der Waals surface area contributed by atoms with E-state index >= 15 is 0 Å². The number of amides is 1. The Balaban J connectivity index is 0.00000208. The van der Waals surface area contributed by atoms with Gasteiger partial charge in [0.05, 0.1) is 6.26 Å². The lowest BCUT2D eigenvalue weighted by atomic mass is 9.86. The highest BCUT2D eigenvalue weighted by Gasteiger charge is 2.45. The lowest BCUT2D eigenvalue weighted by molar-refractivity contribution is -0.144. The second-order valence-corrected chi connectivity index (χ2v) is 8.17. The second-order valence-electron chi connectivity index (χ2n) is 6.19. The molecule has 1 N–H and O–H groups in total. The van der Waals surface area contributed by atoms with E-state index in [2.05, 4.69) is 10.4 Å². The Kier molecular flexibility index (Phi) is 5.90. The first-order valence-corrected chi connectivity index (χ1v) is 9.74. The number of nitrogens with one attached hydrogen (secondary N) is 1. The molecule has 8 nitrogen and oxygen atoms in total. The molecule has 3 heterocycles. The fourth-order valence-electron chi connectivity index (χ4n) is 3.42. The summed E-state index contributed by atoms with van der Waals surface area (Å²) in [5, 5.41) is 7.60. The van der Waals surface area contributed by atoms with Crippen LogP contribution < -0.4 is 5.32 Å². The molecule has 0 unspecified atom stereocenters. The Labute approximate surface area is 148 Å². The number of hydrogen-bond donors (Lipinski definition) is 1. The van der Waals surface area contributed by atoms with Gasteiger partial charge in [0.15, 0.2) is 0 Å². The number of carbonyl (C=O) groups excluding carboxylic acids is 1. The van der Waals surface area contributed by atoms with Crippen LogP contribution in [0.15, 0.2) is 18.5 Å². The number of carbonyl (C=O) groups is 1. The van der Waals surface area contributed by atoms with Crippen LogP contribution in [-0.4, -0.2) is 78.8 Å². The van der Waals surface area contributed by atoms with E-state index in [1.54, 1.807) is 15.8 Å². The second kappa shape index (κ2) is 7.38. The summed E-state index contributed by atoms with van der Waals surface area (Å²) in [5.41, 5.74) is -0.651. The maximum Gasteiger partial charge on any atom is 0.250 e. The molecule has 1 amide bonds. The molecular weight excluding hydrogens is 354 g/mol. The third kappa shape index (κ3) is 3.58. The topological polar surface area (TPSA) is 87.5 Å². The Bertz CT molecular complexity index is 650. The first kappa shape index (κ1) is 19.2.